The Kier molecular flexibility index (Phi) is 12.2. The van der Waals surface area contributed by atoms with E-state index in [-0.39, 0.29) is 49.0 Å². The molecule has 0 spiro atoms. The lowest BCUT2D eigenvalue weighted by Gasteiger charge is -2.36. The molecule has 0 radical (unpaired) electrons. The van der Waals surface area contributed by atoms with Gasteiger partial charge in [-0.3, -0.25) is 9.59 Å². The first-order valence-corrected chi connectivity index (χ1v) is 16.8. The number of para-hydroxylation sites is 2. The molecule has 4 aromatic rings. The first kappa shape index (κ1) is 34.6. The fourth-order valence-electron chi connectivity index (χ4n) is 5.36. The van der Waals surface area contributed by atoms with Crippen molar-refractivity contribution in [2.45, 2.75) is 62.1 Å². The molecular weight excluding hydrogens is 630 g/mol. The number of nitrogens with one attached hydrogen (secondary N) is 2. The maximum absolute atomic E-state index is 12.8. The summed E-state index contributed by atoms with van der Waals surface area (Å²) in [5, 5.41) is 24.9. The SMILES string of the molecule is Nc1ccccc1NC(=O)CCCCC(=O)Nc1cccc([C@H]2O[C@@H](CSc3ccccc3C(=O)O)C[C@@H](c3ccc(CO)cc3)O2)c1. The summed E-state index contributed by atoms with van der Waals surface area (Å²) < 4.78 is 12.9. The number of thioether (sulfide) groups is 1. The molecule has 250 valence electrons. The summed E-state index contributed by atoms with van der Waals surface area (Å²) in [6.45, 7) is -0.0581. The van der Waals surface area contributed by atoms with Crippen LogP contribution in [0.25, 0.3) is 0 Å². The molecule has 0 unspecified atom stereocenters. The molecule has 5 rings (SSSR count). The molecule has 48 heavy (non-hydrogen) atoms. The molecule has 10 nitrogen and oxygen atoms in total. The summed E-state index contributed by atoms with van der Waals surface area (Å²) in [7, 11) is 0. The average molecular weight is 670 g/mol. The van der Waals surface area contributed by atoms with Gasteiger partial charge in [0.25, 0.3) is 0 Å². The first-order chi connectivity index (χ1) is 23.3. The van der Waals surface area contributed by atoms with Gasteiger partial charge in [0.1, 0.15) is 0 Å². The van der Waals surface area contributed by atoms with Gasteiger partial charge in [-0.1, -0.05) is 60.7 Å². The number of benzene rings is 4. The molecule has 0 aliphatic carbocycles. The Morgan fingerprint density at radius 2 is 1.52 bits per heavy atom. The molecule has 2 amide bonds. The van der Waals surface area contributed by atoms with Gasteiger partial charge in [-0.2, -0.15) is 0 Å². The number of nitrogens with two attached hydrogens (primary N) is 1. The highest BCUT2D eigenvalue weighted by atomic mass is 32.2. The Hall–Kier alpha value is -4.68. The number of anilines is 3. The molecule has 11 heteroatoms. The fourth-order valence-corrected chi connectivity index (χ4v) is 6.42. The quantitative estimate of drug-likeness (QED) is 0.0545. The van der Waals surface area contributed by atoms with Gasteiger partial charge in [-0.15, -0.1) is 11.8 Å². The van der Waals surface area contributed by atoms with Crippen molar-refractivity contribution in [3.63, 3.8) is 0 Å². The first-order valence-electron chi connectivity index (χ1n) is 15.8. The number of aliphatic hydroxyl groups is 1. The van der Waals surface area contributed by atoms with Crippen LogP contribution in [0, 0.1) is 0 Å². The maximum atomic E-state index is 12.8. The van der Waals surface area contributed by atoms with Crippen molar-refractivity contribution in [3.8, 4) is 0 Å². The smallest absolute Gasteiger partial charge is 0.336 e. The highest BCUT2D eigenvalue weighted by Crippen LogP contribution is 2.40. The van der Waals surface area contributed by atoms with E-state index in [2.05, 4.69) is 10.6 Å². The molecule has 3 atom stereocenters. The normalized spacial score (nSPS) is 17.4. The van der Waals surface area contributed by atoms with Crippen molar-refractivity contribution < 1.29 is 34.1 Å². The molecule has 1 aliphatic rings. The topological polar surface area (TPSA) is 160 Å². The lowest BCUT2D eigenvalue weighted by Crippen LogP contribution is -2.31. The monoisotopic (exact) mass is 669 g/mol. The molecule has 0 aromatic heterocycles. The van der Waals surface area contributed by atoms with Crippen LogP contribution in [-0.4, -0.2) is 39.9 Å². The zero-order valence-electron chi connectivity index (χ0n) is 26.3. The van der Waals surface area contributed by atoms with Crippen LogP contribution in [0.4, 0.5) is 17.1 Å². The predicted octanol–water partition coefficient (Wildman–Crippen LogP) is 6.93. The van der Waals surface area contributed by atoms with Gasteiger partial charge in [0.15, 0.2) is 6.29 Å². The van der Waals surface area contributed by atoms with E-state index in [1.807, 2.05) is 48.5 Å². The molecule has 1 fully saturated rings. The van der Waals surface area contributed by atoms with E-state index in [0.29, 0.717) is 47.0 Å². The van der Waals surface area contributed by atoms with Crippen LogP contribution in [0.1, 0.15) is 71.5 Å². The Morgan fingerprint density at radius 3 is 2.25 bits per heavy atom. The number of hydrogen-bond donors (Lipinski definition) is 5. The van der Waals surface area contributed by atoms with Gasteiger partial charge < -0.3 is 36.1 Å². The van der Waals surface area contributed by atoms with E-state index in [1.165, 1.54) is 11.8 Å². The maximum Gasteiger partial charge on any atom is 0.336 e. The zero-order valence-corrected chi connectivity index (χ0v) is 27.2. The predicted molar refractivity (Wildman–Crippen MR) is 186 cm³/mol. The van der Waals surface area contributed by atoms with Crippen LogP contribution >= 0.6 is 11.8 Å². The van der Waals surface area contributed by atoms with Crippen molar-refractivity contribution in [3.05, 3.63) is 119 Å². The van der Waals surface area contributed by atoms with Crippen molar-refractivity contribution >= 4 is 46.6 Å². The standard InChI is InChI=1S/C37H39N3O7S/c38-30-11-2-3-12-31(30)40-35(43)15-6-5-14-34(42)39-27-9-7-8-26(20-27)37-46-28(23-48-33-13-4-1-10-29(33)36(44)45)21-32(47-37)25-18-16-24(22-41)17-19-25/h1-4,7-13,16-20,28,32,37,41H,5-6,14-15,21-23,38H2,(H,39,42)(H,40,43)(H,44,45)/t28-,32+,37+/m1/s1. The van der Waals surface area contributed by atoms with E-state index in [4.69, 9.17) is 15.2 Å². The molecule has 0 bridgehead atoms. The Morgan fingerprint density at radius 1 is 0.812 bits per heavy atom. The molecule has 1 saturated heterocycles. The van der Waals surface area contributed by atoms with Crippen LogP contribution in [0.15, 0.2) is 102 Å². The van der Waals surface area contributed by atoms with Crippen LogP contribution in [0.3, 0.4) is 0 Å². The van der Waals surface area contributed by atoms with Crippen LogP contribution in [-0.2, 0) is 25.7 Å². The molecular formula is C37H39N3O7S. The molecule has 4 aromatic carbocycles. The van der Waals surface area contributed by atoms with Gasteiger partial charge >= 0.3 is 5.97 Å². The summed E-state index contributed by atoms with van der Waals surface area (Å²) in [6, 6.07) is 28.8. The number of carboxylic acid groups (broad SMARTS) is 1. The van der Waals surface area contributed by atoms with Gasteiger partial charge in [0.2, 0.25) is 11.8 Å². The summed E-state index contributed by atoms with van der Waals surface area (Å²) in [5.74, 6) is -0.802. The molecule has 1 aliphatic heterocycles. The van der Waals surface area contributed by atoms with Gasteiger partial charge in [0, 0.05) is 41.2 Å². The van der Waals surface area contributed by atoms with E-state index in [9.17, 15) is 24.6 Å². The van der Waals surface area contributed by atoms with Gasteiger partial charge in [-0.05, 0) is 60.4 Å². The number of ether oxygens (including phenoxy) is 2. The van der Waals surface area contributed by atoms with Crippen molar-refractivity contribution in [2.75, 3.05) is 22.1 Å². The minimum Gasteiger partial charge on any atom is -0.478 e. The number of carbonyl (C=O) groups is 3. The number of rotatable bonds is 14. The van der Waals surface area contributed by atoms with Crippen LogP contribution < -0.4 is 16.4 Å². The fraction of sp³-hybridized carbons (Fsp3) is 0.270. The number of unbranched alkanes of at least 4 members (excludes halogenated alkanes) is 1. The van der Waals surface area contributed by atoms with Crippen LogP contribution in [0.5, 0.6) is 0 Å². The summed E-state index contributed by atoms with van der Waals surface area (Å²) >= 11 is 1.42. The summed E-state index contributed by atoms with van der Waals surface area (Å²) in [4.78, 5) is 37.5. The molecule has 1 heterocycles. The third-order valence-electron chi connectivity index (χ3n) is 7.89. The van der Waals surface area contributed by atoms with Crippen molar-refractivity contribution in [2.24, 2.45) is 0 Å². The van der Waals surface area contributed by atoms with E-state index in [0.717, 1.165) is 16.7 Å². The second kappa shape index (κ2) is 16.9. The summed E-state index contributed by atoms with van der Waals surface area (Å²) in [6.07, 6.45) is 0.840. The summed E-state index contributed by atoms with van der Waals surface area (Å²) in [5.41, 5.74) is 10.3. The minimum absolute atomic E-state index is 0.0581. The number of carboxylic acids is 1. The average Bonchev–Trinajstić information content (AvgIpc) is 3.10. The number of amides is 2. The number of hydrogen-bond acceptors (Lipinski definition) is 8. The Balaban J connectivity index is 1.20. The molecule has 0 saturated carbocycles. The van der Waals surface area contributed by atoms with E-state index >= 15 is 0 Å². The van der Waals surface area contributed by atoms with Gasteiger partial charge in [0.05, 0.1) is 35.8 Å². The lowest BCUT2D eigenvalue weighted by atomic mass is 10.0. The largest absolute Gasteiger partial charge is 0.478 e. The van der Waals surface area contributed by atoms with Crippen molar-refractivity contribution in [1.82, 2.24) is 0 Å². The number of aromatic carboxylic acids is 1. The second-order valence-corrected chi connectivity index (χ2v) is 12.5. The third kappa shape index (κ3) is 9.68. The van der Waals surface area contributed by atoms with E-state index < -0.39 is 12.3 Å². The highest BCUT2D eigenvalue weighted by Gasteiger charge is 2.32. The lowest BCUT2D eigenvalue weighted by molar-refractivity contribution is -0.245. The Bertz CT molecular complexity index is 1720. The molecule has 6 N–H and O–H groups in total. The number of nitrogen functional groups attached to an aromatic ring is 1. The highest BCUT2D eigenvalue weighted by molar-refractivity contribution is 7.99. The van der Waals surface area contributed by atoms with E-state index in [1.54, 1.807) is 48.5 Å². The zero-order chi connectivity index (χ0) is 33.9. The minimum atomic E-state index is -0.983. The third-order valence-corrected chi connectivity index (χ3v) is 9.10. The van der Waals surface area contributed by atoms with Crippen LogP contribution in [0.2, 0.25) is 0 Å². The van der Waals surface area contributed by atoms with Gasteiger partial charge in [-0.25, -0.2) is 4.79 Å². The van der Waals surface area contributed by atoms with Crippen molar-refractivity contribution in [1.29, 1.82) is 0 Å². The number of aliphatic hydroxyl groups excluding tert-OH is 1. The Labute approximate surface area is 283 Å². The number of carbonyl (C=O) groups excluding carboxylic acids is 2. The second-order valence-electron chi connectivity index (χ2n) is 11.5.